The van der Waals surface area contributed by atoms with Gasteiger partial charge in [0.25, 0.3) is 0 Å². The van der Waals surface area contributed by atoms with Crippen molar-refractivity contribution in [3.8, 4) is 5.75 Å². The van der Waals surface area contributed by atoms with Crippen molar-refractivity contribution in [2.75, 3.05) is 6.61 Å². The number of nitrogens with one attached hydrogen (secondary N) is 1. The maximum Gasteiger partial charge on any atom is 0.147 e. The normalized spacial score (nSPS) is 12.4. The molecule has 5 heteroatoms. The Hall–Kier alpha value is -0.780. The van der Waals surface area contributed by atoms with Crippen LogP contribution in [0.3, 0.4) is 0 Å². The molecule has 0 unspecified atom stereocenters. The average molecular weight is 403 g/mol. The summed E-state index contributed by atoms with van der Waals surface area (Å²) in [6.45, 7) is 5.45. The summed E-state index contributed by atoms with van der Waals surface area (Å²) in [6.07, 6.45) is 1.69. The summed E-state index contributed by atoms with van der Waals surface area (Å²) in [5.74, 6) is 1.78. The molecule has 0 saturated carbocycles. The highest BCUT2D eigenvalue weighted by molar-refractivity contribution is 9.11. The summed E-state index contributed by atoms with van der Waals surface area (Å²) in [7, 11) is 0. The van der Waals surface area contributed by atoms with Crippen molar-refractivity contribution in [2.24, 2.45) is 0 Å². The first-order chi connectivity index (χ1) is 9.61. The molecular weight excluding hydrogens is 386 g/mol. The molecule has 0 amide bonds. The number of hydrogen-bond donors (Lipinski definition) is 1. The largest absolute Gasteiger partial charge is 0.492 e. The molecule has 1 aromatic carbocycles. The zero-order chi connectivity index (χ0) is 14.5. The molecule has 1 N–H and O–H groups in total. The van der Waals surface area contributed by atoms with Crippen LogP contribution in [0.1, 0.15) is 31.2 Å². The Morgan fingerprint density at radius 1 is 1.30 bits per heavy atom. The monoisotopic (exact) mass is 401 g/mol. The standard InChI is InChI=1S/C15H17Br2NO2/c1-3-19-15-12(16)7-11(8-13(15)17)9-18-10(2)14-5-4-6-20-14/h4-8,10,18H,3,9H2,1-2H3/t10-/m0/s1. The van der Waals surface area contributed by atoms with E-state index in [2.05, 4.69) is 56.2 Å². The molecule has 1 heterocycles. The Kier molecular flexibility index (Phi) is 5.69. The molecular formula is C15H17Br2NO2. The van der Waals surface area contributed by atoms with Crippen molar-refractivity contribution >= 4 is 31.9 Å². The number of halogens is 2. The van der Waals surface area contributed by atoms with E-state index in [1.165, 1.54) is 5.56 Å². The zero-order valence-electron chi connectivity index (χ0n) is 11.5. The lowest BCUT2D eigenvalue weighted by Gasteiger charge is -2.14. The SMILES string of the molecule is CCOc1c(Br)cc(CN[C@@H](C)c2ccco2)cc1Br. The van der Waals surface area contributed by atoms with Crippen molar-refractivity contribution in [2.45, 2.75) is 26.4 Å². The summed E-state index contributed by atoms with van der Waals surface area (Å²) >= 11 is 7.09. The van der Waals surface area contributed by atoms with Crippen LogP contribution in [0.25, 0.3) is 0 Å². The Balaban J connectivity index is 2.03. The zero-order valence-corrected chi connectivity index (χ0v) is 14.6. The Morgan fingerprint density at radius 3 is 2.55 bits per heavy atom. The van der Waals surface area contributed by atoms with E-state index in [-0.39, 0.29) is 6.04 Å². The first-order valence-corrected chi connectivity index (χ1v) is 8.08. The summed E-state index contributed by atoms with van der Waals surface area (Å²) in [6, 6.07) is 8.18. The van der Waals surface area contributed by atoms with Gasteiger partial charge < -0.3 is 14.5 Å². The quantitative estimate of drug-likeness (QED) is 0.733. The lowest BCUT2D eigenvalue weighted by atomic mass is 10.2. The van der Waals surface area contributed by atoms with Gasteiger partial charge in [0.05, 0.1) is 27.9 Å². The molecule has 108 valence electrons. The van der Waals surface area contributed by atoms with E-state index in [0.29, 0.717) is 6.61 Å². The van der Waals surface area contributed by atoms with E-state index in [0.717, 1.165) is 27.0 Å². The molecule has 3 nitrogen and oxygen atoms in total. The molecule has 0 aliphatic heterocycles. The fraction of sp³-hybridized carbons (Fsp3) is 0.333. The van der Waals surface area contributed by atoms with Crippen LogP contribution in [-0.4, -0.2) is 6.61 Å². The van der Waals surface area contributed by atoms with Gasteiger partial charge in [-0.3, -0.25) is 0 Å². The Bertz CT molecular complexity index is 532. The fourth-order valence-corrected chi connectivity index (χ4v) is 3.42. The van der Waals surface area contributed by atoms with Gasteiger partial charge in [-0.2, -0.15) is 0 Å². The van der Waals surface area contributed by atoms with Gasteiger partial charge in [-0.25, -0.2) is 0 Å². The smallest absolute Gasteiger partial charge is 0.147 e. The molecule has 0 radical (unpaired) electrons. The number of rotatable bonds is 6. The van der Waals surface area contributed by atoms with E-state index >= 15 is 0 Å². The first-order valence-electron chi connectivity index (χ1n) is 6.49. The maximum absolute atomic E-state index is 5.58. The molecule has 0 bridgehead atoms. The molecule has 0 fully saturated rings. The van der Waals surface area contributed by atoms with Gasteiger partial charge in [0.1, 0.15) is 11.5 Å². The number of benzene rings is 1. The lowest BCUT2D eigenvalue weighted by molar-refractivity contribution is 0.335. The van der Waals surface area contributed by atoms with Gasteiger partial charge in [0.2, 0.25) is 0 Å². The van der Waals surface area contributed by atoms with Crippen LogP contribution in [0, 0.1) is 0 Å². The van der Waals surface area contributed by atoms with Gasteiger partial charge in [0.15, 0.2) is 0 Å². The Morgan fingerprint density at radius 2 is 2.00 bits per heavy atom. The van der Waals surface area contributed by atoms with E-state index in [1.807, 2.05) is 19.1 Å². The van der Waals surface area contributed by atoms with Crippen LogP contribution < -0.4 is 10.1 Å². The highest BCUT2D eigenvalue weighted by atomic mass is 79.9. The summed E-state index contributed by atoms with van der Waals surface area (Å²) in [4.78, 5) is 0. The third-order valence-corrected chi connectivity index (χ3v) is 4.11. The molecule has 2 rings (SSSR count). The van der Waals surface area contributed by atoms with Crippen LogP contribution in [0.2, 0.25) is 0 Å². The van der Waals surface area contributed by atoms with Crippen molar-refractivity contribution in [1.29, 1.82) is 0 Å². The van der Waals surface area contributed by atoms with Gasteiger partial charge in [-0.15, -0.1) is 0 Å². The topological polar surface area (TPSA) is 34.4 Å². The van der Waals surface area contributed by atoms with Gasteiger partial charge in [0, 0.05) is 6.54 Å². The first kappa shape index (κ1) is 15.6. The predicted molar refractivity (Wildman–Crippen MR) is 87.0 cm³/mol. The summed E-state index contributed by atoms with van der Waals surface area (Å²) in [5.41, 5.74) is 1.17. The van der Waals surface area contributed by atoms with Gasteiger partial charge >= 0.3 is 0 Å². The second-order valence-corrected chi connectivity index (χ2v) is 6.15. The molecule has 2 aromatic rings. The fourth-order valence-electron chi connectivity index (χ4n) is 1.91. The highest BCUT2D eigenvalue weighted by Crippen LogP contribution is 2.34. The van der Waals surface area contributed by atoms with Crippen molar-refractivity contribution in [3.63, 3.8) is 0 Å². The van der Waals surface area contributed by atoms with Crippen molar-refractivity contribution < 1.29 is 9.15 Å². The number of furan rings is 1. The van der Waals surface area contributed by atoms with Crippen LogP contribution in [-0.2, 0) is 6.54 Å². The van der Waals surface area contributed by atoms with Crippen LogP contribution in [0.4, 0.5) is 0 Å². The minimum atomic E-state index is 0.175. The second kappa shape index (κ2) is 7.29. The molecule has 1 atom stereocenters. The Labute approximate surface area is 136 Å². The highest BCUT2D eigenvalue weighted by Gasteiger charge is 2.11. The number of hydrogen-bond acceptors (Lipinski definition) is 3. The van der Waals surface area contributed by atoms with Crippen molar-refractivity contribution in [3.05, 3.63) is 50.8 Å². The molecule has 0 aliphatic rings. The third-order valence-electron chi connectivity index (χ3n) is 2.93. The maximum atomic E-state index is 5.58. The molecule has 0 saturated heterocycles. The summed E-state index contributed by atoms with van der Waals surface area (Å²) < 4.78 is 12.9. The van der Waals surface area contributed by atoms with Crippen LogP contribution in [0.5, 0.6) is 5.75 Å². The van der Waals surface area contributed by atoms with E-state index in [1.54, 1.807) is 6.26 Å². The van der Waals surface area contributed by atoms with E-state index in [9.17, 15) is 0 Å². The van der Waals surface area contributed by atoms with Crippen molar-refractivity contribution in [1.82, 2.24) is 5.32 Å². The molecule has 1 aromatic heterocycles. The second-order valence-electron chi connectivity index (χ2n) is 4.44. The van der Waals surface area contributed by atoms with E-state index in [4.69, 9.17) is 9.15 Å². The average Bonchev–Trinajstić information content (AvgIpc) is 2.94. The molecule has 20 heavy (non-hydrogen) atoms. The van der Waals surface area contributed by atoms with Gasteiger partial charge in [-0.1, -0.05) is 0 Å². The van der Waals surface area contributed by atoms with Gasteiger partial charge in [-0.05, 0) is 75.5 Å². The van der Waals surface area contributed by atoms with E-state index < -0.39 is 0 Å². The molecule has 0 aliphatic carbocycles. The molecule has 0 spiro atoms. The number of ether oxygens (including phenoxy) is 1. The minimum Gasteiger partial charge on any atom is -0.492 e. The van der Waals surface area contributed by atoms with Crippen LogP contribution >= 0.6 is 31.9 Å². The summed E-state index contributed by atoms with van der Waals surface area (Å²) in [5, 5.41) is 3.43. The lowest BCUT2D eigenvalue weighted by Crippen LogP contribution is -2.17. The third kappa shape index (κ3) is 3.87. The van der Waals surface area contributed by atoms with Crippen LogP contribution in [0.15, 0.2) is 43.9 Å². The predicted octanol–water partition coefficient (Wildman–Crippen LogP) is 5.05. The minimum absolute atomic E-state index is 0.175.